The van der Waals surface area contributed by atoms with E-state index in [9.17, 15) is 0 Å². The number of hydrogen-bond acceptors (Lipinski definition) is 4. The minimum absolute atomic E-state index is 0.305. The molecule has 0 fully saturated rings. The van der Waals surface area contributed by atoms with Crippen molar-refractivity contribution in [3.8, 4) is 5.75 Å². The van der Waals surface area contributed by atoms with E-state index in [1.165, 1.54) is 17.5 Å². The zero-order valence-corrected chi connectivity index (χ0v) is 11.0. The highest BCUT2D eigenvalue weighted by Gasteiger charge is 2.09. The number of ether oxygens (including phenoxy) is 1. The molecule has 1 heterocycles. The summed E-state index contributed by atoms with van der Waals surface area (Å²) in [6.07, 6.45) is 1.41. The molecule has 0 unspecified atom stereocenters. The van der Waals surface area contributed by atoms with Gasteiger partial charge in [-0.15, -0.1) is 0 Å². The number of hydrogen-bond donors (Lipinski definition) is 1. The molecular weight excluding hydrogens is 250 g/mol. The molecule has 0 atom stereocenters. The molecular formula is C13H14ClN3O. The summed E-state index contributed by atoms with van der Waals surface area (Å²) in [7, 11) is 1.55. The van der Waals surface area contributed by atoms with Gasteiger partial charge in [-0.1, -0.05) is 35.9 Å². The summed E-state index contributed by atoms with van der Waals surface area (Å²) in [5, 5.41) is 3.51. The number of anilines is 1. The molecule has 0 spiro atoms. The van der Waals surface area contributed by atoms with Gasteiger partial charge >= 0.3 is 0 Å². The van der Waals surface area contributed by atoms with E-state index >= 15 is 0 Å². The molecule has 0 saturated heterocycles. The Kier molecular flexibility index (Phi) is 3.99. The van der Waals surface area contributed by atoms with Crippen molar-refractivity contribution >= 4 is 17.4 Å². The van der Waals surface area contributed by atoms with Crippen LogP contribution in [0.4, 0.5) is 5.82 Å². The third-order valence-corrected chi connectivity index (χ3v) is 2.94. The van der Waals surface area contributed by atoms with Crippen LogP contribution in [0.1, 0.15) is 11.1 Å². The van der Waals surface area contributed by atoms with Crippen molar-refractivity contribution in [2.75, 3.05) is 12.4 Å². The van der Waals surface area contributed by atoms with Gasteiger partial charge in [-0.05, 0) is 18.1 Å². The Morgan fingerprint density at radius 2 is 2.06 bits per heavy atom. The Balaban J connectivity index is 2.16. The van der Waals surface area contributed by atoms with Crippen LogP contribution < -0.4 is 10.1 Å². The van der Waals surface area contributed by atoms with E-state index in [0.717, 1.165) is 0 Å². The zero-order chi connectivity index (χ0) is 13.0. The van der Waals surface area contributed by atoms with Gasteiger partial charge in [0.15, 0.2) is 16.7 Å². The summed E-state index contributed by atoms with van der Waals surface area (Å²) in [6, 6.07) is 8.16. The lowest BCUT2D eigenvalue weighted by atomic mass is 10.1. The number of nitrogens with one attached hydrogen (secondary N) is 1. The van der Waals surface area contributed by atoms with Gasteiger partial charge in [0, 0.05) is 6.54 Å². The predicted molar refractivity (Wildman–Crippen MR) is 72.1 cm³/mol. The number of aromatic nitrogens is 2. The molecule has 1 aromatic heterocycles. The van der Waals surface area contributed by atoms with Crippen LogP contribution >= 0.6 is 11.6 Å². The van der Waals surface area contributed by atoms with Crippen LogP contribution in [-0.2, 0) is 6.54 Å². The molecule has 2 aromatic rings. The Hall–Kier alpha value is -1.81. The van der Waals surface area contributed by atoms with E-state index < -0.39 is 0 Å². The molecule has 4 nitrogen and oxygen atoms in total. The Morgan fingerprint density at radius 3 is 2.78 bits per heavy atom. The molecule has 94 valence electrons. The highest BCUT2D eigenvalue weighted by Crippen LogP contribution is 2.28. The molecule has 0 aliphatic carbocycles. The van der Waals surface area contributed by atoms with Crippen molar-refractivity contribution in [3.63, 3.8) is 0 Å². The SMILES string of the molecule is COc1c(Cl)ncnc1NCc1ccccc1C. The summed E-state index contributed by atoms with van der Waals surface area (Å²) in [5.74, 6) is 1.06. The summed E-state index contributed by atoms with van der Waals surface area (Å²) >= 11 is 5.93. The maximum atomic E-state index is 5.93. The van der Waals surface area contributed by atoms with Crippen LogP contribution in [0.25, 0.3) is 0 Å². The van der Waals surface area contributed by atoms with Gasteiger partial charge in [-0.2, -0.15) is 0 Å². The Bertz CT molecular complexity index is 546. The molecule has 0 aliphatic rings. The number of benzene rings is 1. The van der Waals surface area contributed by atoms with E-state index in [2.05, 4.69) is 34.3 Å². The average Bonchev–Trinajstić information content (AvgIpc) is 2.38. The van der Waals surface area contributed by atoms with Crippen molar-refractivity contribution in [1.82, 2.24) is 9.97 Å². The molecule has 0 amide bonds. The van der Waals surface area contributed by atoms with Crippen LogP contribution in [0.5, 0.6) is 5.75 Å². The summed E-state index contributed by atoms with van der Waals surface area (Å²) in [6.45, 7) is 2.73. The second-order valence-electron chi connectivity index (χ2n) is 3.83. The second kappa shape index (κ2) is 5.69. The van der Waals surface area contributed by atoms with Crippen LogP contribution in [-0.4, -0.2) is 17.1 Å². The second-order valence-corrected chi connectivity index (χ2v) is 4.18. The summed E-state index contributed by atoms with van der Waals surface area (Å²) < 4.78 is 5.18. The fourth-order valence-electron chi connectivity index (χ4n) is 1.65. The van der Waals surface area contributed by atoms with Gasteiger partial charge < -0.3 is 10.1 Å². The van der Waals surface area contributed by atoms with Crippen molar-refractivity contribution in [2.24, 2.45) is 0 Å². The van der Waals surface area contributed by atoms with Crippen LogP contribution in [0, 0.1) is 6.92 Å². The van der Waals surface area contributed by atoms with Gasteiger partial charge in [-0.3, -0.25) is 0 Å². The first-order valence-electron chi connectivity index (χ1n) is 5.55. The van der Waals surface area contributed by atoms with E-state index in [-0.39, 0.29) is 0 Å². The summed E-state index contributed by atoms with van der Waals surface area (Å²) in [5.41, 5.74) is 2.43. The number of methoxy groups -OCH3 is 1. The van der Waals surface area contributed by atoms with Crippen LogP contribution in [0.2, 0.25) is 5.15 Å². The number of nitrogens with zero attached hydrogens (tertiary/aromatic N) is 2. The lowest BCUT2D eigenvalue weighted by Crippen LogP contribution is -2.05. The fourth-order valence-corrected chi connectivity index (χ4v) is 1.86. The lowest BCUT2D eigenvalue weighted by molar-refractivity contribution is 0.413. The van der Waals surface area contributed by atoms with Crippen molar-refractivity contribution in [3.05, 3.63) is 46.9 Å². The van der Waals surface area contributed by atoms with E-state index in [1.54, 1.807) is 7.11 Å². The third-order valence-electron chi connectivity index (χ3n) is 2.67. The normalized spacial score (nSPS) is 10.2. The van der Waals surface area contributed by atoms with E-state index in [1.807, 2.05) is 12.1 Å². The fraction of sp³-hybridized carbons (Fsp3) is 0.231. The third kappa shape index (κ3) is 2.71. The topological polar surface area (TPSA) is 47.0 Å². The largest absolute Gasteiger partial charge is 0.490 e. The Labute approximate surface area is 111 Å². The first-order valence-corrected chi connectivity index (χ1v) is 5.93. The quantitative estimate of drug-likeness (QED) is 0.862. The minimum atomic E-state index is 0.305. The molecule has 0 saturated carbocycles. The highest BCUT2D eigenvalue weighted by molar-refractivity contribution is 6.31. The molecule has 0 radical (unpaired) electrons. The van der Waals surface area contributed by atoms with Crippen LogP contribution in [0.15, 0.2) is 30.6 Å². The van der Waals surface area contributed by atoms with Gasteiger partial charge in [0.25, 0.3) is 0 Å². The van der Waals surface area contributed by atoms with E-state index in [0.29, 0.717) is 23.3 Å². The predicted octanol–water partition coefficient (Wildman–Crippen LogP) is 3.06. The molecule has 1 aromatic carbocycles. The highest BCUT2D eigenvalue weighted by atomic mass is 35.5. The van der Waals surface area contributed by atoms with E-state index in [4.69, 9.17) is 16.3 Å². The standard InChI is InChI=1S/C13H14ClN3O/c1-9-5-3-4-6-10(9)7-15-13-11(18-2)12(14)16-8-17-13/h3-6,8H,7H2,1-2H3,(H,15,16,17). The number of halogens is 1. The maximum Gasteiger partial charge on any atom is 0.198 e. The van der Waals surface area contributed by atoms with Gasteiger partial charge in [-0.25, -0.2) is 9.97 Å². The molecule has 18 heavy (non-hydrogen) atoms. The summed E-state index contributed by atoms with van der Waals surface area (Å²) in [4.78, 5) is 8.00. The van der Waals surface area contributed by atoms with Crippen molar-refractivity contribution in [2.45, 2.75) is 13.5 Å². The molecule has 1 N–H and O–H groups in total. The maximum absolute atomic E-state index is 5.93. The molecule has 2 rings (SSSR count). The minimum Gasteiger partial charge on any atom is -0.490 e. The first kappa shape index (κ1) is 12.6. The lowest BCUT2D eigenvalue weighted by Gasteiger charge is -2.11. The van der Waals surface area contributed by atoms with Gasteiger partial charge in [0.2, 0.25) is 0 Å². The monoisotopic (exact) mass is 263 g/mol. The smallest absolute Gasteiger partial charge is 0.198 e. The van der Waals surface area contributed by atoms with Gasteiger partial charge in [0.1, 0.15) is 6.33 Å². The first-order chi connectivity index (χ1) is 8.72. The van der Waals surface area contributed by atoms with Crippen LogP contribution in [0.3, 0.4) is 0 Å². The van der Waals surface area contributed by atoms with Crippen molar-refractivity contribution < 1.29 is 4.74 Å². The number of aryl methyl sites for hydroxylation is 1. The molecule has 5 heteroatoms. The number of rotatable bonds is 4. The van der Waals surface area contributed by atoms with Crippen molar-refractivity contribution in [1.29, 1.82) is 0 Å². The molecule has 0 aliphatic heterocycles. The Morgan fingerprint density at radius 1 is 1.28 bits per heavy atom. The average molecular weight is 264 g/mol. The zero-order valence-electron chi connectivity index (χ0n) is 10.3. The van der Waals surface area contributed by atoms with Gasteiger partial charge in [0.05, 0.1) is 7.11 Å². The molecule has 0 bridgehead atoms.